The van der Waals surface area contributed by atoms with Crippen LogP contribution >= 0.6 is 0 Å². The maximum absolute atomic E-state index is 12.5. The van der Waals surface area contributed by atoms with E-state index in [9.17, 15) is 22.8 Å². The minimum atomic E-state index is -4.73. The van der Waals surface area contributed by atoms with Crippen molar-refractivity contribution in [1.29, 1.82) is 0 Å². The topological polar surface area (TPSA) is 60.3 Å². The van der Waals surface area contributed by atoms with Gasteiger partial charge < -0.3 is 14.6 Å². The summed E-state index contributed by atoms with van der Waals surface area (Å²) in [6.45, 7) is 0.347. The molecule has 0 radical (unpaired) electrons. The van der Waals surface area contributed by atoms with Gasteiger partial charge in [0.05, 0.1) is 0 Å². The molecule has 1 aromatic heterocycles. The van der Waals surface area contributed by atoms with Gasteiger partial charge in [-0.05, 0) is 18.6 Å². The molecule has 0 fully saturated rings. The zero-order valence-corrected chi connectivity index (χ0v) is 10.9. The van der Waals surface area contributed by atoms with Gasteiger partial charge >= 0.3 is 6.18 Å². The van der Waals surface area contributed by atoms with Crippen molar-refractivity contribution in [2.75, 3.05) is 20.3 Å². The lowest BCUT2D eigenvalue weighted by atomic mass is 10.2. The number of rotatable bonds is 6. The van der Waals surface area contributed by atoms with E-state index in [4.69, 9.17) is 4.74 Å². The molecule has 0 unspecified atom stereocenters. The fourth-order valence-corrected chi connectivity index (χ4v) is 1.53. The first-order valence-corrected chi connectivity index (χ1v) is 5.88. The summed E-state index contributed by atoms with van der Waals surface area (Å²) in [7, 11) is 1.52. The Balaban J connectivity index is 2.69. The molecular formula is C12H15F3N2O3. The Morgan fingerprint density at radius 3 is 2.75 bits per heavy atom. The van der Waals surface area contributed by atoms with Crippen molar-refractivity contribution in [1.82, 2.24) is 9.88 Å². The lowest BCUT2D eigenvalue weighted by molar-refractivity contribution is -0.139. The molecular weight excluding hydrogens is 277 g/mol. The minimum Gasteiger partial charge on any atom is -0.385 e. The third-order valence-corrected chi connectivity index (χ3v) is 2.49. The van der Waals surface area contributed by atoms with E-state index in [-0.39, 0.29) is 0 Å². The monoisotopic (exact) mass is 292 g/mol. The zero-order valence-electron chi connectivity index (χ0n) is 10.9. The van der Waals surface area contributed by atoms with Crippen molar-refractivity contribution in [3.05, 3.63) is 34.2 Å². The van der Waals surface area contributed by atoms with Crippen molar-refractivity contribution in [2.24, 2.45) is 0 Å². The maximum Gasteiger partial charge on any atom is 0.421 e. The van der Waals surface area contributed by atoms with Crippen LogP contribution in [-0.2, 0) is 22.3 Å². The Morgan fingerprint density at radius 2 is 2.15 bits per heavy atom. The molecule has 1 rings (SSSR count). The Bertz CT molecular complexity index is 511. The van der Waals surface area contributed by atoms with Gasteiger partial charge in [0.1, 0.15) is 12.1 Å². The molecule has 112 valence electrons. The molecule has 8 heteroatoms. The Kier molecular flexibility index (Phi) is 5.75. The quantitative estimate of drug-likeness (QED) is 0.796. The van der Waals surface area contributed by atoms with Crippen LogP contribution in [0, 0.1) is 0 Å². The average molecular weight is 292 g/mol. The number of pyridine rings is 1. The second kappa shape index (κ2) is 7.09. The number of halogens is 3. The number of methoxy groups -OCH3 is 1. The number of ether oxygens (including phenoxy) is 1. The summed E-state index contributed by atoms with van der Waals surface area (Å²) in [5.41, 5.74) is -2.51. The smallest absolute Gasteiger partial charge is 0.385 e. The van der Waals surface area contributed by atoms with Gasteiger partial charge in [-0.15, -0.1) is 0 Å². The number of hydrogen-bond donors (Lipinski definition) is 1. The first-order valence-electron chi connectivity index (χ1n) is 5.88. The van der Waals surface area contributed by atoms with Crippen LogP contribution in [0.5, 0.6) is 0 Å². The van der Waals surface area contributed by atoms with Crippen molar-refractivity contribution in [3.8, 4) is 0 Å². The predicted molar refractivity (Wildman–Crippen MR) is 65.2 cm³/mol. The van der Waals surface area contributed by atoms with Gasteiger partial charge in [0.25, 0.3) is 5.56 Å². The van der Waals surface area contributed by atoms with E-state index < -0.39 is 29.8 Å². The highest BCUT2D eigenvalue weighted by Crippen LogP contribution is 2.25. The molecule has 0 aliphatic rings. The highest BCUT2D eigenvalue weighted by atomic mass is 19.4. The summed E-state index contributed by atoms with van der Waals surface area (Å²) >= 11 is 0. The number of aromatic nitrogens is 1. The van der Waals surface area contributed by atoms with Gasteiger partial charge in [0.2, 0.25) is 5.91 Å². The molecule has 0 atom stereocenters. The molecule has 0 aliphatic heterocycles. The zero-order chi connectivity index (χ0) is 15.2. The molecule has 1 aromatic rings. The van der Waals surface area contributed by atoms with Gasteiger partial charge in [0, 0.05) is 26.5 Å². The fraction of sp³-hybridized carbons (Fsp3) is 0.500. The Labute approximate surface area is 113 Å². The second-order valence-electron chi connectivity index (χ2n) is 4.05. The van der Waals surface area contributed by atoms with Gasteiger partial charge in [-0.2, -0.15) is 13.2 Å². The maximum atomic E-state index is 12.5. The Morgan fingerprint density at radius 1 is 1.45 bits per heavy atom. The van der Waals surface area contributed by atoms with Gasteiger partial charge in [0.15, 0.2) is 0 Å². The summed E-state index contributed by atoms with van der Waals surface area (Å²) in [4.78, 5) is 23.1. The van der Waals surface area contributed by atoms with Crippen LogP contribution < -0.4 is 10.9 Å². The van der Waals surface area contributed by atoms with Gasteiger partial charge in [-0.1, -0.05) is 0 Å². The van der Waals surface area contributed by atoms with E-state index in [1.165, 1.54) is 7.11 Å². The van der Waals surface area contributed by atoms with E-state index >= 15 is 0 Å². The van der Waals surface area contributed by atoms with Crippen LogP contribution in [-0.4, -0.2) is 30.7 Å². The van der Waals surface area contributed by atoms with Crippen molar-refractivity contribution < 1.29 is 22.7 Å². The predicted octanol–water partition coefficient (Wildman–Crippen LogP) is 1.02. The van der Waals surface area contributed by atoms with Crippen molar-refractivity contribution in [2.45, 2.75) is 19.1 Å². The first-order chi connectivity index (χ1) is 9.36. The van der Waals surface area contributed by atoms with Crippen LogP contribution in [0.25, 0.3) is 0 Å². The largest absolute Gasteiger partial charge is 0.421 e. The molecule has 0 spiro atoms. The van der Waals surface area contributed by atoms with Crippen LogP contribution in [0.3, 0.4) is 0 Å². The number of nitrogens with zero attached hydrogens (tertiary/aromatic N) is 1. The SMILES string of the molecule is COCCCNC(=O)Cn1cccc(C(F)(F)F)c1=O. The summed E-state index contributed by atoms with van der Waals surface area (Å²) in [6.07, 6.45) is -3.00. The molecule has 1 N–H and O–H groups in total. The molecule has 20 heavy (non-hydrogen) atoms. The van der Waals surface area contributed by atoms with Crippen molar-refractivity contribution in [3.63, 3.8) is 0 Å². The van der Waals surface area contributed by atoms with Crippen LogP contribution in [0.4, 0.5) is 13.2 Å². The summed E-state index contributed by atoms with van der Waals surface area (Å²) in [6, 6.07) is 1.78. The first kappa shape index (κ1) is 16.2. The van der Waals surface area contributed by atoms with Crippen LogP contribution in [0.2, 0.25) is 0 Å². The van der Waals surface area contributed by atoms with E-state index in [1.54, 1.807) is 0 Å². The molecule has 0 bridgehead atoms. The normalized spacial score (nSPS) is 11.4. The summed E-state index contributed by atoms with van der Waals surface area (Å²) in [5.74, 6) is -0.525. The van der Waals surface area contributed by atoms with E-state index in [0.29, 0.717) is 25.6 Å². The minimum absolute atomic E-state index is 0.334. The summed E-state index contributed by atoms with van der Waals surface area (Å²) in [5, 5.41) is 2.49. The number of amides is 1. The third-order valence-electron chi connectivity index (χ3n) is 2.49. The molecule has 1 heterocycles. The number of carbonyl (C=O) groups excluding carboxylic acids is 1. The number of carbonyl (C=O) groups is 1. The molecule has 0 aliphatic carbocycles. The highest BCUT2D eigenvalue weighted by molar-refractivity contribution is 5.75. The van der Waals surface area contributed by atoms with Crippen molar-refractivity contribution >= 4 is 5.91 Å². The molecule has 0 aromatic carbocycles. The fourth-order valence-electron chi connectivity index (χ4n) is 1.53. The van der Waals surface area contributed by atoms with E-state index in [2.05, 4.69) is 5.32 Å². The summed E-state index contributed by atoms with van der Waals surface area (Å²) < 4.78 is 43.1. The van der Waals surface area contributed by atoms with E-state index in [0.717, 1.165) is 16.8 Å². The molecule has 1 amide bonds. The molecule has 5 nitrogen and oxygen atoms in total. The van der Waals surface area contributed by atoms with Crippen LogP contribution in [0.1, 0.15) is 12.0 Å². The highest BCUT2D eigenvalue weighted by Gasteiger charge is 2.34. The number of hydrogen-bond acceptors (Lipinski definition) is 3. The third kappa shape index (κ3) is 4.69. The molecule has 0 saturated heterocycles. The average Bonchev–Trinajstić information content (AvgIpc) is 2.36. The Hall–Kier alpha value is -1.83. The van der Waals surface area contributed by atoms with Gasteiger partial charge in [-0.3, -0.25) is 9.59 Å². The lowest BCUT2D eigenvalue weighted by Gasteiger charge is -2.10. The standard InChI is InChI=1S/C12H15F3N2O3/c1-20-7-3-5-16-10(18)8-17-6-2-4-9(11(17)19)12(13,14)15/h2,4,6H,3,5,7-8H2,1H3,(H,16,18). The second-order valence-corrected chi connectivity index (χ2v) is 4.05. The number of nitrogens with one attached hydrogen (secondary N) is 1. The lowest BCUT2D eigenvalue weighted by Crippen LogP contribution is -2.35. The van der Waals surface area contributed by atoms with Crippen LogP contribution in [0.15, 0.2) is 23.1 Å². The molecule has 0 saturated carbocycles. The van der Waals surface area contributed by atoms with Gasteiger partial charge in [-0.25, -0.2) is 0 Å². The number of alkyl halides is 3. The van der Waals surface area contributed by atoms with E-state index in [1.807, 2.05) is 0 Å².